The molecule has 0 aliphatic heterocycles. The quantitative estimate of drug-likeness (QED) is 0.742. The second kappa shape index (κ2) is 4.65. The van der Waals surface area contributed by atoms with Crippen LogP contribution in [0.15, 0.2) is 48.7 Å². The van der Waals surface area contributed by atoms with Gasteiger partial charge in [0, 0.05) is 11.8 Å². The van der Waals surface area contributed by atoms with E-state index in [1.807, 2.05) is 6.07 Å². The number of ether oxygens (including phenoxy) is 1. The topological polar surface area (TPSA) is 48.3 Å². The van der Waals surface area contributed by atoms with Gasteiger partial charge in [-0.3, -0.25) is 4.79 Å². The largest absolute Gasteiger partial charge is 0.452 e. The average Bonchev–Trinajstić information content (AvgIpc) is 2.87. The maximum atomic E-state index is 12.1. The summed E-state index contributed by atoms with van der Waals surface area (Å²) in [5.74, 6) is -0.207. The molecule has 0 saturated heterocycles. The van der Waals surface area contributed by atoms with Gasteiger partial charge in [0.05, 0.1) is 12.8 Å². The number of ketones is 1. The number of benzene rings is 1. The molecule has 0 bridgehead atoms. The Hall–Kier alpha value is -2.36. The van der Waals surface area contributed by atoms with Crippen molar-refractivity contribution in [2.24, 2.45) is 0 Å². The molecular formula is C13H11NO3. The third kappa shape index (κ3) is 2.10. The molecular weight excluding hydrogens is 218 g/mol. The summed E-state index contributed by atoms with van der Waals surface area (Å²) in [6.45, 7) is 0. The zero-order valence-electron chi connectivity index (χ0n) is 9.29. The van der Waals surface area contributed by atoms with E-state index in [9.17, 15) is 9.59 Å². The number of nitrogens with zero attached hydrogens (tertiary/aromatic N) is 1. The van der Waals surface area contributed by atoms with Gasteiger partial charge in [0.2, 0.25) is 5.78 Å². The standard InChI is InChI=1S/C13H11NO3/c1-17-13(16)14-9-5-8-11(14)12(15)10-6-3-2-4-7-10/h2-9H,1H3. The van der Waals surface area contributed by atoms with Crippen LogP contribution >= 0.6 is 0 Å². The van der Waals surface area contributed by atoms with Crippen molar-refractivity contribution < 1.29 is 14.3 Å². The van der Waals surface area contributed by atoms with Gasteiger partial charge in [0.1, 0.15) is 0 Å². The van der Waals surface area contributed by atoms with Crippen LogP contribution in [-0.2, 0) is 4.74 Å². The van der Waals surface area contributed by atoms with E-state index in [1.165, 1.54) is 17.9 Å². The van der Waals surface area contributed by atoms with Gasteiger partial charge >= 0.3 is 6.09 Å². The Balaban J connectivity index is 2.39. The van der Waals surface area contributed by atoms with Crippen LogP contribution in [0.2, 0.25) is 0 Å². The maximum Gasteiger partial charge on any atom is 0.418 e. The van der Waals surface area contributed by atoms with Crippen molar-refractivity contribution in [1.82, 2.24) is 4.57 Å². The molecule has 17 heavy (non-hydrogen) atoms. The number of aromatic nitrogens is 1. The minimum absolute atomic E-state index is 0.207. The molecule has 1 aromatic heterocycles. The SMILES string of the molecule is COC(=O)n1cccc1C(=O)c1ccccc1. The van der Waals surface area contributed by atoms with Crippen LogP contribution in [0.5, 0.6) is 0 Å². The highest BCUT2D eigenvalue weighted by Gasteiger charge is 2.16. The molecule has 0 amide bonds. The van der Waals surface area contributed by atoms with Crippen LogP contribution in [0.3, 0.4) is 0 Å². The number of carbonyl (C=O) groups is 2. The van der Waals surface area contributed by atoms with Gasteiger partial charge < -0.3 is 4.74 Å². The highest BCUT2D eigenvalue weighted by Crippen LogP contribution is 2.11. The van der Waals surface area contributed by atoms with Crippen molar-refractivity contribution in [2.45, 2.75) is 0 Å². The number of methoxy groups -OCH3 is 1. The van der Waals surface area contributed by atoms with Crippen molar-refractivity contribution in [3.8, 4) is 0 Å². The molecule has 0 unspecified atom stereocenters. The van der Waals surface area contributed by atoms with Crippen LogP contribution in [0, 0.1) is 0 Å². The molecule has 0 saturated carbocycles. The predicted molar refractivity (Wildman–Crippen MR) is 62.1 cm³/mol. The number of rotatable bonds is 2. The molecule has 1 heterocycles. The van der Waals surface area contributed by atoms with Gasteiger partial charge in [0.15, 0.2) is 0 Å². The van der Waals surface area contributed by atoms with E-state index < -0.39 is 6.09 Å². The van der Waals surface area contributed by atoms with Gasteiger partial charge in [-0.1, -0.05) is 30.3 Å². The Morgan fingerprint density at radius 3 is 2.41 bits per heavy atom. The Labute approximate surface area is 98.4 Å². The van der Waals surface area contributed by atoms with Crippen LogP contribution in [0.25, 0.3) is 0 Å². The monoisotopic (exact) mass is 229 g/mol. The highest BCUT2D eigenvalue weighted by molar-refractivity contribution is 6.09. The third-order valence-electron chi connectivity index (χ3n) is 2.39. The van der Waals surface area contributed by atoms with Crippen LogP contribution < -0.4 is 0 Å². The molecule has 4 heteroatoms. The first-order valence-electron chi connectivity index (χ1n) is 5.09. The maximum absolute atomic E-state index is 12.1. The average molecular weight is 229 g/mol. The van der Waals surface area contributed by atoms with Gasteiger partial charge in [-0.15, -0.1) is 0 Å². The van der Waals surface area contributed by atoms with Crippen molar-refractivity contribution in [2.75, 3.05) is 7.11 Å². The van der Waals surface area contributed by atoms with E-state index in [4.69, 9.17) is 0 Å². The summed E-state index contributed by atoms with van der Waals surface area (Å²) < 4.78 is 5.78. The first kappa shape index (κ1) is 11.1. The van der Waals surface area contributed by atoms with Crippen molar-refractivity contribution in [3.05, 3.63) is 59.9 Å². The number of carbonyl (C=O) groups excluding carboxylic acids is 2. The van der Waals surface area contributed by atoms with Crippen molar-refractivity contribution in [3.63, 3.8) is 0 Å². The van der Waals surface area contributed by atoms with Crippen LogP contribution in [0.4, 0.5) is 4.79 Å². The lowest BCUT2D eigenvalue weighted by Gasteiger charge is -2.05. The van der Waals surface area contributed by atoms with E-state index in [0.717, 1.165) is 0 Å². The predicted octanol–water partition coefficient (Wildman–Crippen LogP) is 2.33. The summed E-state index contributed by atoms with van der Waals surface area (Å²) in [6, 6.07) is 12.0. The van der Waals surface area contributed by atoms with E-state index >= 15 is 0 Å². The minimum atomic E-state index is -0.575. The molecule has 2 rings (SSSR count). The zero-order chi connectivity index (χ0) is 12.3. The summed E-state index contributed by atoms with van der Waals surface area (Å²) in [6.07, 6.45) is 0.927. The molecule has 2 aromatic rings. The second-order valence-corrected chi connectivity index (χ2v) is 3.43. The summed E-state index contributed by atoms with van der Waals surface area (Å²) in [5.41, 5.74) is 0.833. The van der Waals surface area contributed by atoms with Crippen LogP contribution in [0.1, 0.15) is 16.1 Å². The summed E-state index contributed by atoms with van der Waals surface area (Å²) in [7, 11) is 1.28. The second-order valence-electron chi connectivity index (χ2n) is 3.43. The fraction of sp³-hybridized carbons (Fsp3) is 0.0769. The molecule has 86 valence electrons. The van der Waals surface area contributed by atoms with E-state index in [2.05, 4.69) is 4.74 Å². The van der Waals surface area contributed by atoms with Crippen molar-refractivity contribution in [1.29, 1.82) is 0 Å². The highest BCUT2D eigenvalue weighted by atomic mass is 16.5. The van der Waals surface area contributed by atoms with E-state index in [-0.39, 0.29) is 5.78 Å². The molecule has 0 aliphatic carbocycles. The first-order valence-corrected chi connectivity index (χ1v) is 5.09. The van der Waals surface area contributed by atoms with Crippen LogP contribution in [-0.4, -0.2) is 23.6 Å². The fourth-order valence-corrected chi connectivity index (χ4v) is 1.56. The molecule has 0 fully saturated rings. The normalized spacial score (nSPS) is 9.94. The zero-order valence-corrected chi connectivity index (χ0v) is 9.29. The molecule has 0 spiro atoms. The minimum Gasteiger partial charge on any atom is -0.452 e. The lowest BCUT2D eigenvalue weighted by atomic mass is 10.1. The Kier molecular flexibility index (Phi) is 3.05. The van der Waals surface area contributed by atoms with Gasteiger partial charge in [-0.2, -0.15) is 0 Å². The van der Waals surface area contributed by atoms with Gasteiger partial charge in [-0.05, 0) is 12.1 Å². The third-order valence-corrected chi connectivity index (χ3v) is 2.39. The smallest absolute Gasteiger partial charge is 0.418 e. The van der Waals surface area contributed by atoms with E-state index in [1.54, 1.807) is 36.4 Å². The molecule has 4 nitrogen and oxygen atoms in total. The van der Waals surface area contributed by atoms with Gasteiger partial charge in [-0.25, -0.2) is 9.36 Å². The Bertz CT molecular complexity index is 543. The number of hydrogen-bond acceptors (Lipinski definition) is 3. The van der Waals surface area contributed by atoms with E-state index in [0.29, 0.717) is 11.3 Å². The molecule has 0 N–H and O–H groups in total. The lowest BCUT2D eigenvalue weighted by molar-refractivity contribution is 0.102. The Morgan fingerprint density at radius 2 is 1.76 bits per heavy atom. The summed E-state index contributed by atoms with van der Waals surface area (Å²) >= 11 is 0. The summed E-state index contributed by atoms with van der Waals surface area (Å²) in [4.78, 5) is 23.5. The molecule has 0 radical (unpaired) electrons. The lowest BCUT2D eigenvalue weighted by Crippen LogP contribution is -2.17. The Morgan fingerprint density at radius 1 is 1.06 bits per heavy atom. The summed E-state index contributed by atoms with van der Waals surface area (Å²) in [5, 5.41) is 0. The van der Waals surface area contributed by atoms with Gasteiger partial charge in [0.25, 0.3) is 0 Å². The first-order chi connectivity index (χ1) is 8.24. The van der Waals surface area contributed by atoms with Crippen molar-refractivity contribution >= 4 is 11.9 Å². The molecule has 1 aromatic carbocycles. The fourth-order valence-electron chi connectivity index (χ4n) is 1.56. The molecule has 0 aliphatic rings. The molecule has 0 atom stereocenters. The number of hydrogen-bond donors (Lipinski definition) is 0.